The number of hydrogen-bond acceptors (Lipinski definition) is 4. The minimum Gasteiger partial charge on any atom is -0.384 e. The third-order valence-corrected chi connectivity index (χ3v) is 2.79. The van der Waals surface area contributed by atoms with Crippen LogP contribution in [0.4, 0.5) is 5.82 Å². The van der Waals surface area contributed by atoms with E-state index >= 15 is 0 Å². The van der Waals surface area contributed by atoms with Gasteiger partial charge in [0, 0.05) is 18.4 Å². The van der Waals surface area contributed by atoms with E-state index in [9.17, 15) is 0 Å². The van der Waals surface area contributed by atoms with Crippen molar-refractivity contribution in [3.8, 4) is 0 Å². The minimum atomic E-state index is 0.459. The van der Waals surface area contributed by atoms with Crippen LogP contribution in [0, 0.1) is 6.92 Å². The van der Waals surface area contributed by atoms with Gasteiger partial charge in [-0.2, -0.15) is 0 Å². The first-order chi connectivity index (χ1) is 8.72. The van der Waals surface area contributed by atoms with Crippen LogP contribution in [-0.4, -0.2) is 16.6 Å². The third kappa shape index (κ3) is 6.55. The van der Waals surface area contributed by atoms with Crippen LogP contribution >= 0.6 is 0 Å². The lowest BCUT2D eigenvalue weighted by Gasteiger charge is -2.05. The zero-order chi connectivity index (χ0) is 13.2. The molecule has 0 fully saturated rings. The standard InChI is InChI=1S/C14H25N3O/c1-3-4-5-6-7-8-9-18-11-14-16-12(2)10-13(15)17-14/h10H,3-9,11H2,1-2H3,(H2,15,16,17). The first-order valence-electron chi connectivity index (χ1n) is 6.90. The van der Waals surface area contributed by atoms with Gasteiger partial charge < -0.3 is 10.5 Å². The second kappa shape index (κ2) is 8.86. The van der Waals surface area contributed by atoms with Gasteiger partial charge >= 0.3 is 0 Å². The van der Waals surface area contributed by atoms with Crippen molar-refractivity contribution in [3.63, 3.8) is 0 Å². The minimum absolute atomic E-state index is 0.459. The second-order valence-corrected chi connectivity index (χ2v) is 4.67. The second-order valence-electron chi connectivity index (χ2n) is 4.67. The predicted molar refractivity (Wildman–Crippen MR) is 74.2 cm³/mol. The van der Waals surface area contributed by atoms with Gasteiger partial charge in [-0.25, -0.2) is 9.97 Å². The fourth-order valence-electron chi connectivity index (χ4n) is 1.87. The topological polar surface area (TPSA) is 61.0 Å². The number of aromatic nitrogens is 2. The van der Waals surface area contributed by atoms with Crippen LogP contribution in [0.15, 0.2) is 6.07 Å². The van der Waals surface area contributed by atoms with Crippen LogP contribution in [0.25, 0.3) is 0 Å². The Morgan fingerprint density at radius 3 is 2.56 bits per heavy atom. The molecule has 0 saturated carbocycles. The van der Waals surface area contributed by atoms with Crippen LogP contribution < -0.4 is 5.73 Å². The van der Waals surface area contributed by atoms with Crippen LogP contribution in [0.3, 0.4) is 0 Å². The van der Waals surface area contributed by atoms with Gasteiger partial charge in [-0.3, -0.25) is 0 Å². The normalized spacial score (nSPS) is 10.8. The average Bonchev–Trinajstić information content (AvgIpc) is 2.31. The summed E-state index contributed by atoms with van der Waals surface area (Å²) in [5.41, 5.74) is 6.54. The van der Waals surface area contributed by atoms with Crippen LogP contribution in [-0.2, 0) is 11.3 Å². The highest BCUT2D eigenvalue weighted by Gasteiger charge is 2.00. The van der Waals surface area contributed by atoms with Gasteiger partial charge in [-0.15, -0.1) is 0 Å². The molecule has 0 saturated heterocycles. The smallest absolute Gasteiger partial charge is 0.156 e. The van der Waals surface area contributed by atoms with Crippen molar-refractivity contribution in [2.75, 3.05) is 12.3 Å². The zero-order valence-electron chi connectivity index (χ0n) is 11.6. The summed E-state index contributed by atoms with van der Waals surface area (Å²) in [6.45, 7) is 5.39. The molecule has 1 heterocycles. The molecule has 0 aliphatic heterocycles. The summed E-state index contributed by atoms with van der Waals surface area (Å²) >= 11 is 0. The quantitative estimate of drug-likeness (QED) is 0.684. The number of ether oxygens (including phenoxy) is 1. The summed E-state index contributed by atoms with van der Waals surface area (Å²) in [7, 11) is 0. The molecule has 4 heteroatoms. The molecule has 1 aromatic rings. The molecule has 0 radical (unpaired) electrons. The average molecular weight is 251 g/mol. The molecule has 0 aliphatic rings. The van der Waals surface area contributed by atoms with E-state index in [2.05, 4.69) is 16.9 Å². The Morgan fingerprint density at radius 2 is 1.83 bits per heavy atom. The molecule has 2 N–H and O–H groups in total. The Balaban J connectivity index is 2.07. The summed E-state index contributed by atoms with van der Waals surface area (Å²) in [5.74, 6) is 1.19. The van der Waals surface area contributed by atoms with Gasteiger partial charge in [0.2, 0.25) is 0 Å². The summed E-state index contributed by atoms with van der Waals surface area (Å²) in [5, 5.41) is 0. The molecule has 0 unspecified atom stereocenters. The number of anilines is 1. The van der Waals surface area contributed by atoms with E-state index in [1.54, 1.807) is 6.07 Å². The van der Waals surface area contributed by atoms with E-state index in [0.717, 1.165) is 18.7 Å². The van der Waals surface area contributed by atoms with Crippen molar-refractivity contribution < 1.29 is 4.74 Å². The molecule has 1 rings (SSSR count). The summed E-state index contributed by atoms with van der Waals surface area (Å²) in [6.07, 6.45) is 7.65. The first kappa shape index (κ1) is 14.9. The molecular weight excluding hydrogens is 226 g/mol. The Kier molecular flexibility index (Phi) is 7.34. The Hall–Kier alpha value is -1.16. The lowest BCUT2D eigenvalue weighted by Crippen LogP contribution is -2.04. The molecule has 0 bridgehead atoms. The van der Waals surface area contributed by atoms with Crippen LogP contribution in [0.2, 0.25) is 0 Å². The molecule has 102 valence electrons. The van der Waals surface area contributed by atoms with Crippen molar-refractivity contribution in [1.29, 1.82) is 0 Å². The maximum absolute atomic E-state index is 5.65. The third-order valence-electron chi connectivity index (χ3n) is 2.79. The van der Waals surface area contributed by atoms with E-state index in [4.69, 9.17) is 10.5 Å². The SMILES string of the molecule is CCCCCCCCOCc1nc(C)cc(N)n1. The maximum Gasteiger partial charge on any atom is 0.156 e. The molecule has 18 heavy (non-hydrogen) atoms. The molecule has 1 aromatic heterocycles. The Labute approximate surface area is 110 Å². The number of rotatable bonds is 9. The van der Waals surface area contributed by atoms with Crippen molar-refractivity contribution in [2.45, 2.75) is 59.0 Å². The van der Waals surface area contributed by atoms with Crippen molar-refractivity contribution in [1.82, 2.24) is 9.97 Å². The van der Waals surface area contributed by atoms with Gasteiger partial charge in [0.25, 0.3) is 0 Å². The molecule has 4 nitrogen and oxygen atoms in total. The monoisotopic (exact) mass is 251 g/mol. The molecule has 0 spiro atoms. The lowest BCUT2D eigenvalue weighted by molar-refractivity contribution is 0.111. The number of nitrogens with two attached hydrogens (primary N) is 1. The Bertz CT molecular complexity index is 322. The van der Waals surface area contributed by atoms with E-state index in [1.807, 2.05) is 6.92 Å². The highest BCUT2D eigenvalue weighted by Crippen LogP contribution is 2.06. The number of unbranched alkanes of at least 4 members (excludes halogenated alkanes) is 5. The summed E-state index contributed by atoms with van der Waals surface area (Å²) < 4.78 is 5.56. The van der Waals surface area contributed by atoms with Gasteiger partial charge in [0.1, 0.15) is 12.4 Å². The molecule has 0 atom stereocenters. The van der Waals surface area contributed by atoms with Gasteiger partial charge in [0.15, 0.2) is 5.82 Å². The highest BCUT2D eigenvalue weighted by atomic mass is 16.5. The fourth-order valence-corrected chi connectivity index (χ4v) is 1.87. The molecular formula is C14H25N3O. The highest BCUT2D eigenvalue weighted by molar-refractivity contribution is 5.28. The summed E-state index contributed by atoms with van der Waals surface area (Å²) in [6, 6.07) is 1.76. The van der Waals surface area contributed by atoms with Gasteiger partial charge in [-0.05, 0) is 13.3 Å². The fraction of sp³-hybridized carbons (Fsp3) is 0.714. The van der Waals surface area contributed by atoms with E-state index < -0.39 is 0 Å². The Morgan fingerprint density at radius 1 is 1.11 bits per heavy atom. The number of nitrogens with zero attached hydrogens (tertiary/aromatic N) is 2. The van der Waals surface area contributed by atoms with Gasteiger partial charge in [-0.1, -0.05) is 39.0 Å². The van der Waals surface area contributed by atoms with E-state index in [1.165, 1.54) is 32.1 Å². The molecule has 0 aromatic carbocycles. The largest absolute Gasteiger partial charge is 0.384 e. The van der Waals surface area contributed by atoms with Gasteiger partial charge in [0.05, 0.1) is 0 Å². The van der Waals surface area contributed by atoms with Crippen LogP contribution in [0.1, 0.15) is 57.0 Å². The number of nitrogen functional groups attached to an aromatic ring is 1. The van der Waals surface area contributed by atoms with E-state index in [-0.39, 0.29) is 0 Å². The molecule has 0 aliphatic carbocycles. The summed E-state index contributed by atoms with van der Waals surface area (Å²) in [4.78, 5) is 8.41. The van der Waals surface area contributed by atoms with Crippen LogP contribution in [0.5, 0.6) is 0 Å². The van der Waals surface area contributed by atoms with Crippen molar-refractivity contribution >= 4 is 5.82 Å². The maximum atomic E-state index is 5.65. The first-order valence-corrected chi connectivity index (χ1v) is 6.90. The molecule has 0 amide bonds. The van der Waals surface area contributed by atoms with Crippen molar-refractivity contribution in [2.24, 2.45) is 0 Å². The van der Waals surface area contributed by atoms with Crippen molar-refractivity contribution in [3.05, 3.63) is 17.6 Å². The zero-order valence-corrected chi connectivity index (χ0v) is 11.6. The number of aryl methyl sites for hydroxylation is 1. The predicted octanol–water partition coefficient (Wildman–Crippen LogP) is 3.24. The van der Waals surface area contributed by atoms with E-state index in [0.29, 0.717) is 18.2 Å². The lowest BCUT2D eigenvalue weighted by atomic mass is 10.1. The number of hydrogen-bond donors (Lipinski definition) is 1.